The minimum absolute atomic E-state index is 0.421. The summed E-state index contributed by atoms with van der Waals surface area (Å²) in [5.74, 6) is 2.54. The van der Waals surface area contributed by atoms with Gasteiger partial charge >= 0.3 is 0 Å². The molecule has 3 rings (SSSR count). The van der Waals surface area contributed by atoms with Crippen molar-refractivity contribution in [2.45, 2.75) is 6.42 Å². The van der Waals surface area contributed by atoms with Crippen LogP contribution in [0, 0.1) is 0 Å². The van der Waals surface area contributed by atoms with Gasteiger partial charge in [0, 0.05) is 12.6 Å². The number of rotatable bonds is 7. The molecule has 2 N–H and O–H groups in total. The first-order valence-electron chi connectivity index (χ1n) is 8.47. The zero-order valence-corrected chi connectivity index (χ0v) is 15.7. The summed E-state index contributed by atoms with van der Waals surface area (Å²) in [5.41, 5.74) is 1.20. The summed E-state index contributed by atoms with van der Waals surface area (Å²) >= 11 is 5.29. The van der Waals surface area contributed by atoms with E-state index in [2.05, 4.69) is 20.8 Å². The van der Waals surface area contributed by atoms with Gasteiger partial charge in [-0.3, -0.25) is 0 Å². The van der Waals surface area contributed by atoms with Crippen LogP contribution in [0.5, 0.6) is 17.4 Å². The molecule has 0 saturated heterocycles. The number of para-hydroxylation sites is 1. The molecule has 0 bridgehead atoms. The van der Waals surface area contributed by atoms with Crippen LogP contribution >= 0.6 is 12.2 Å². The summed E-state index contributed by atoms with van der Waals surface area (Å²) < 4.78 is 10.8. The van der Waals surface area contributed by atoms with E-state index in [1.165, 1.54) is 5.56 Å². The van der Waals surface area contributed by atoms with Crippen molar-refractivity contribution in [3.8, 4) is 17.4 Å². The van der Waals surface area contributed by atoms with Gasteiger partial charge in [-0.05, 0) is 54.5 Å². The van der Waals surface area contributed by atoms with Gasteiger partial charge in [0.1, 0.15) is 11.5 Å². The highest BCUT2D eigenvalue weighted by Crippen LogP contribution is 2.18. The number of anilines is 1. The summed E-state index contributed by atoms with van der Waals surface area (Å²) in [5, 5.41) is 14.8. The lowest BCUT2D eigenvalue weighted by molar-refractivity contribution is 0.414. The summed E-state index contributed by atoms with van der Waals surface area (Å²) in [7, 11) is 1.66. The van der Waals surface area contributed by atoms with Crippen LogP contribution in [0.3, 0.4) is 0 Å². The van der Waals surface area contributed by atoms with E-state index < -0.39 is 0 Å². The molecule has 0 aliphatic heterocycles. The van der Waals surface area contributed by atoms with Gasteiger partial charge in [-0.1, -0.05) is 30.3 Å². The number of nitrogens with zero attached hydrogens (tertiary/aromatic N) is 2. The molecule has 0 atom stereocenters. The number of hydrogen-bond acceptors (Lipinski definition) is 5. The van der Waals surface area contributed by atoms with Crippen molar-refractivity contribution in [1.82, 2.24) is 15.5 Å². The van der Waals surface area contributed by atoms with Crippen LogP contribution in [-0.4, -0.2) is 29.0 Å². The Balaban J connectivity index is 1.43. The first-order chi connectivity index (χ1) is 13.2. The monoisotopic (exact) mass is 380 g/mol. The van der Waals surface area contributed by atoms with Crippen LogP contribution in [0.1, 0.15) is 5.56 Å². The topological polar surface area (TPSA) is 68.3 Å². The lowest BCUT2D eigenvalue weighted by Gasteiger charge is -2.10. The lowest BCUT2D eigenvalue weighted by Crippen LogP contribution is -2.30. The van der Waals surface area contributed by atoms with E-state index in [-0.39, 0.29) is 0 Å². The molecule has 0 fully saturated rings. The Morgan fingerprint density at radius 3 is 2.37 bits per heavy atom. The zero-order chi connectivity index (χ0) is 18.9. The number of thiocarbonyl (C=S) groups is 1. The van der Waals surface area contributed by atoms with Crippen LogP contribution in [0.4, 0.5) is 5.82 Å². The van der Waals surface area contributed by atoms with Gasteiger partial charge in [-0.15, -0.1) is 10.2 Å². The molecule has 0 aliphatic rings. The molecule has 3 aromatic rings. The van der Waals surface area contributed by atoms with E-state index in [0.717, 1.165) is 12.2 Å². The molecule has 1 heterocycles. The molecule has 138 valence electrons. The van der Waals surface area contributed by atoms with Crippen LogP contribution in [0.15, 0.2) is 66.7 Å². The van der Waals surface area contributed by atoms with E-state index in [9.17, 15) is 0 Å². The van der Waals surface area contributed by atoms with Crippen LogP contribution < -0.4 is 20.1 Å². The molecule has 2 aromatic carbocycles. The summed E-state index contributed by atoms with van der Waals surface area (Å²) in [4.78, 5) is 0. The van der Waals surface area contributed by atoms with E-state index in [4.69, 9.17) is 21.7 Å². The van der Waals surface area contributed by atoms with Crippen LogP contribution in [0.25, 0.3) is 0 Å². The Morgan fingerprint density at radius 2 is 1.70 bits per heavy atom. The normalized spacial score (nSPS) is 10.1. The molecular formula is C20H20N4O2S. The van der Waals surface area contributed by atoms with Crippen molar-refractivity contribution < 1.29 is 9.47 Å². The second kappa shape index (κ2) is 9.49. The minimum atomic E-state index is 0.421. The van der Waals surface area contributed by atoms with Gasteiger partial charge in [-0.25, -0.2) is 0 Å². The lowest BCUT2D eigenvalue weighted by atomic mass is 10.1. The number of benzene rings is 2. The van der Waals surface area contributed by atoms with E-state index >= 15 is 0 Å². The number of aromatic nitrogens is 2. The minimum Gasteiger partial charge on any atom is -0.497 e. The second-order valence-corrected chi connectivity index (χ2v) is 6.06. The highest BCUT2D eigenvalue weighted by molar-refractivity contribution is 7.80. The zero-order valence-electron chi connectivity index (χ0n) is 14.9. The van der Waals surface area contributed by atoms with E-state index in [1.54, 1.807) is 19.2 Å². The third kappa shape index (κ3) is 5.93. The van der Waals surface area contributed by atoms with Gasteiger partial charge in [-0.2, -0.15) is 0 Å². The third-order valence-electron chi connectivity index (χ3n) is 3.71. The molecule has 0 saturated carbocycles. The number of methoxy groups -OCH3 is 1. The summed E-state index contributed by atoms with van der Waals surface area (Å²) in [6.07, 6.45) is 0.849. The third-order valence-corrected chi connectivity index (χ3v) is 3.95. The SMILES string of the molecule is COc1ccc(CCNC(=S)Nc2ccc(Oc3ccccc3)nn2)cc1. The predicted molar refractivity (Wildman–Crippen MR) is 109 cm³/mol. The van der Waals surface area contributed by atoms with Gasteiger partial charge in [0.25, 0.3) is 0 Å². The van der Waals surface area contributed by atoms with Gasteiger partial charge in [0.2, 0.25) is 5.88 Å². The first kappa shape index (κ1) is 18.6. The van der Waals surface area contributed by atoms with Crippen molar-refractivity contribution in [3.63, 3.8) is 0 Å². The number of ether oxygens (including phenoxy) is 2. The van der Waals surface area contributed by atoms with Crippen molar-refractivity contribution >= 4 is 23.1 Å². The summed E-state index contributed by atoms with van der Waals surface area (Å²) in [6.45, 7) is 0.709. The molecular weight excluding hydrogens is 360 g/mol. The highest BCUT2D eigenvalue weighted by atomic mass is 32.1. The fraction of sp³-hybridized carbons (Fsp3) is 0.150. The quantitative estimate of drug-likeness (QED) is 0.604. The first-order valence-corrected chi connectivity index (χ1v) is 8.88. The Bertz CT molecular complexity index is 855. The average Bonchev–Trinajstić information content (AvgIpc) is 2.71. The average molecular weight is 380 g/mol. The smallest absolute Gasteiger partial charge is 0.238 e. The maximum absolute atomic E-state index is 5.61. The van der Waals surface area contributed by atoms with Gasteiger partial charge < -0.3 is 20.1 Å². The number of hydrogen-bond donors (Lipinski definition) is 2. The highest BCUT2D eigenvalue weighted by Gasteiger charge is 2.03. The molecule has 0 amide bonds. The largest absolute Gasteiger partial charge is 0.497 e. The fourth-order valence-electron chi connectivity index (χ4n) is 2.32. The molecule has 1 aromatic heterocycles. The molecule has 7 heteroatoms. The Kier molecular flexibility index (Phi) is 6.54. The number of nitrogens with one attached hydrogen (secondary N) is 2. The van der Waals surface area contributed by atoms with Crippen molar-refractivity contribution in [2.75, 3.05) is 19.0 Å². The summed E-state index contributed by atoms with van der Waals surface area (Å²) in [6, 6.07) is 20.9. The molecule has 6 nitrogen and oxygen atoms in total. The van der Waals surface area contributed by atoms with E-state index in [1.807, 2.05) is 54.6 Å². The van der Waals surface area contributed by atoms with Gasteiger partial charge in [0.15, 0.2) is 10.9 Å². The molecule has 0 unspecified atom stereocenters. The Morgan fingerprint density at radius 1 is 0.926 bits per heavy atom. The maximum atomic E-state index is 5.61. The Hall–Kier alpha value is -3.19. The second-order valence-electron chi connectivity index (χ2n) is 5.65. The van der Waals surface area contributed by atoms with Gasteiger partial charge in [0.05, 0.1) is 7.11 Å². The van der Waals surface area contributed by atoms with Crippen molar-refractivity contribution in [2.24, 2.45) is 0 Å². The fourth-order valence-corrected chi connectivity index (χ4v) is 2.53. The molecule has 0 spiro atoms. The molecule has 0 aliphatic carbocycles. The van der Waals surface area contributed by atoms with Crippen molar-refractivity contribution in [3.05, 3.63) is 72.3 Å². The van der Waals surface area contributed by atoms with Crippen molar-refractivity contribution in [1.29, 1.82) is 0 Å². The Labute approximate surface area is 163 Å². The molecule has 0 radical (unpaired) electrons. The van der Waals surface area contributed by atoms with Crippen LogP contribution in [-0.2, 0) is 6.42 Å². The predicted octanol–water partition coefficient (Wildman–Crippen LogP) is 3.81. The van der Waals surface area contributed by atoms with E-state index in [0.29, 0.717) is 29.1 Å². The van der Waals surface area contributed by atoms with Crippen LogP contribution in [0.2, 0.25) is 0 Å². The maximum Gasteiger partial charge on any atom is 0.238 e. The molecule has 27 heavy (non-hydrogen) atoms. The standard InChI is InChI=1S/C20H20N4O2S/c1-25-16-9-7-15(8-10-16)13-14-21-20(27)22-18-11-12-19(24-23-18)26-17-5-3-2-4-6-17/h2-12H,13-14H2,1H3,(H2,21,22,23,27).